The van der Waals surface area contributed by atoms with Crippen LogP contribution in [0.25, 0.3) is 0 Å². The van der Waals surface area contributed by atoms with Gasteiger partial charge in [-0.1, -0.05) is 33.1 Å². The first kappa shape index (κ1) is 8.55. The second-order valence-electron chi connectivity index (χ2n) is 4.89. The molecule has 2 unspecified atom stereocenters. The van der Waals surface area contributed by atoms with Crippen LogP contribution in [0.2, 0.25) is 0 Å². The van der Waals surface area contributed by atoms with Crippen molar-refractivity contribution >= 4 is 0 Å². The summed E-state index contributed by atoms with van der Waals surface area (Å²) in [5.74, 6) is 1.91. The molecule has 70 valence electrons. The van der Waals surface area contributed by atoms with Crippen molar-refractivity contribution in [2.24, 2.45) is 17.3 Å². The van der Waals surface area contributed by atoms with E-state index in [1.807, 2.05) is 0 Å². The highest BCUT2D eigenvalue weighted by Gasteiger charge is 2.44. The van der Waals surface area contributed by atoms with Crippen LogP contribution in [0, 0.1) is 17.3 Å². The van der Waals surface area contributed by atoms with Gasteiger partial charge >= 0.3 is 0 Å². The molecule has 1 aliphatic carbocycles. The van der Waals surface area contributed by atoms with E-state index in [1.165, 1.54) is 38.8 Å². The van der Waals surface area contributed by atoms with Crippen molar-refractivity contribution in [3.8, 4) is 0 Å². The van der Waals surface area contributed by atoms with Gasteiger partial charge in [-0.05, 0) is 30.2 Å². The zero-order valence-electron chi connectivity index (χ0n) is 8.40. The van der Waals surface area contributed by atoms with Crippen LogP contribution in [0.15, 0.2) is 0 Å². The van der Waals surface area contributed by atoms with Gasteiger partial charge in [-0.2, -0.15) is 0 Å². The van der Waals surface area contributed by atoms with Crippen molar-refractivity contribution in [2.75, 3.05) is 13.1 Å². The van der Waals surface area contributed by atoms with Gasteiger partial charge < -0.3 is 5.32 Å². The van der Waals surface area contributed by atoms with Crippen molar-refractivity contribution in [1.82, 2.24) is 5.32 Å². The highest BCUT2D eigenvalue weighted by atomic mass is 14.9. The largest absolute Gasteiger partial charge is 0.316 e. The fourth-order valence-electron chi connectivity index (χ4n) is 3.36. The van der Waals surface area contributed by atoms with Crippen LogP contribution >= 0.6 is 0 Å². The molecule has 0 aromatic heterocycles. The van der Waals surface area contributed by atoms with Crippen LogP contribution in [0.5, 0.6) is 0 Å². The summed E-state index contributed by atoms with van der Waals surface area (Å²) in [5, 5.41) is 3.54. The lowest BCUT2D eigenvalue weighted by Gasteiger charge is -2.44. The zero-order valence-corrected chi connectivity index (χ0v) is 8.40. The molecular weight excluding hydrogens is 146 g/mol. The highest BCUT2D eigenvalue weighted by molar-refractivity contribution is 4.97. The lowest BCUT2D eigenvalue weighted by Crippen LogP contribution is -2.40. The summed E-state index contributed by atoms with van der Waals surface area (Å²) >= 11 is 0. The fraction of sp³-hybridized carbons (Fsp3) is 1.00. The van der Waals surface area contributed by atoms with Gasteiger partial charge in [0.05, 0.1) is 0 Å². The van der Waals surface area contributed by atoms with Gasteiger partial charge in [0.2, 0.25) is 0 Å². The van der Waals surface area contributed by atoms with E-state index in [9.17, 15) is 0 Å². The third-order valence-corrected chi connectivity index (χ3v) is 4.46. The summed E-state index contributed by atoms with van der Waals surface area (Å²) in [7, 11) is 0. The van der Waals surface area contributed by atoms with E-state index in [1.54, 1.807) is 0 Å². The van der Waals surface area contributed by atoms with E-state index < -0.39 is 0 Å². The molecular formula is C11H21N. The molecule has 12 heavy (non-hydrogen) atoms. The molecule has 2 aliphatic rings. The first-order valence-electron chi connectivity index (χ1n) is 5.46. The number of nitrogens with one attached hydrogen (secondary N) is 1. The highest BCUT2D eigenvalue weighted by Crippen LogP contribution is 2.48. The predicted molar refractivity (Wildman–Crippen MR) is 52.1 cm³/mol. The molecule has 1 saturated heterocycles. The fourth-order valence-corrected chi connectivity index (χ4v) is 3.36. The van der Waals surface area contributed by atoms with E-state index in [-0.39, 0.29) is 0 Å². The Hall–Kier alpha value is -0.0400. The van der Waals surface area contributed by atoms with Crippen molar-refractivity contribution in [3.63, 3.8) is 0 Å². The molecule has 1 aliphatic heterocycles. The third kappa shape index (κ3) is 1.10. The molecule has 0 bridgehead atoms. The lowest BCUT2D eigenvalue weighted by molar-refractivity contribution is 0.0636. The van der Waals surface area contributed by atoms with Crippen LogP contribution in [-0.2, 0) is 0 Å². The van der Waals surface area contributed by atoms with Gasteiger partial charge in [0.25, 0.3) is 0 Å². The summed E-state index contributed by atoms with van der Waals surface area (Å²) in [6, 6.07) is 0. The van der Waals surface area contributed by atoms with Crippen molar-refractivity contribution in [3.05, 3.63) is 0 Å². The monoisotopic (exact) mass is 167 g/mol. The third-order valence-electron chi connectivity index (χ3n) is 4.46. The molecule has 1 spiro atoms. The SMILES string of the molecule is CC1CCCC(C)C12CCNC2. The molecule has 1 saturated carbocycles. The minimum absolute atomic E-state index is 0.679. The first-order chi connectivity index (χ1) is 5.76. The smallest absolute Gasteiger partial charge is 0.00134 e. The topological polar surface area (TPSA) is 12.0 Å². The summed E-state index contributed by atoms with van der Waals surface area (Å²) in [5.41, 5.74) is 0.679. The van der Waals surface area contributed by atoms with Crippen LogP contribution in [0.3, 0.4) is 0 Å². The quantitative estimate of drug-likeness (QED) is 0.584. The first-order valence-corrected chi connectivity index (χ1v) is 5.46. The molecule has 0 aromatic rings. The Morgan fingerprint density at radius 2 is 1.83 bits per heavy atom. The maximum absolute atomic E-state index is 3.54. The van der Waals surface area contributed by atoms with Crippen LogP contribution in [0.1, 0.15) is 39.5 Å². The maximum Gasteiger partial charge on any atom is 0.00134 e. The molecule has 1 heteroatoms. The van der Waals surface area contributed by atoms with Crippen LogP contribution < -0.4 is 5.32 Å². The van der Waals surface area contributed by atoms with E-state index in [0.717, 1.165) is 11.8 Å². The number of rotatable bonds is 0. The predicted octanol–water partition coefficient (Wildman–Crippen LogP) is 2.42. The molecule has 2 fully saturated rings. The van der Waals surface area contributed by atoms with Gasteiger partial charge in [0, 0.05) is 6.54 Å². The molecule has 2 atom stereocenters. The summed E-state index contributed by atoms with van der Waals surface area (Å²) in [6.45, 7) is 7.47. The van der Waals surface area contributed by atoms with E-state index in [0.29, 0.717) is 5.41 Å². The zero-order chi connectivity index (χ0) is 8.60. The van der Waals surface area contributed by atoms with Gasteiger partial charge in [0.1, 0.15) is 0 Å². The number of hydrogen-bond donors (Lipinski definition) is 1. The van der Waals surface area contributed by atoms with Gasteiger partial charge in [-0.15, -0.1) is 0 Å². The molecule has 0 aromatic carbocycles. The Morgan fingerprint density at radius 1 is 1.17 bits per heavy atom. The molecule has 0 radical (unpaired) electrons. The molecule has 1 nitrogen and oxygen atoms in total. The van der Waals surface area contributed by atoms with E-state index in [4.69, 9.17) is 0 Å². The van der Waals surface area contributed by atoms with Crippen molar-refractivity contribution in [2.45, 2.75) is 39.5 Å². The van der Waals surface area contributed by atoms with E-state index >= 15 is 0 Å². The Balaban J connectivity index is 2.16. The summed E-state index contributed by atoms with van der Waals surface area (Å²) in [6.07, 6.45) is 5.82. The molecule has 1 N–H and O–H groups in total. The average molecular weight is 167 g/mol. The summed E-state index contributed by atoms with van der Waals surface area (Å²) < 4.78 is 0. The van der Waals surface area contributed by atoms with Gasteiger partial charge in [-0.3, -0.25) is 0 Å². The van der Waals surface area contributed by atoms with Crippen LogP contribution in [-0.4, -0.2) is 13.1 Å². The summed E-state index contributed by atoms with van der Waals surface area (Å²) in [4.78, 5) is 0. The second kappa shape index (κ2) is 3.02. The Kier molecular flexibility index (Phi) is 2.16. The van der Waals surface area contributed by atoms with Crippen molar-refractivity contribution in [1.29, 1.82) is 0 Å². The minimum atomic E-state index is 0.679. The normalized spacial score (nSPS) is 48.5. The van der Waals surface area contributed by atoms with Crippen molar-refractivity contribution < 1.29 is 0 Å². The Labute approximate surface area is 75.9 Å². The minimum Gasteiger partial charge on any atom is -0.316 e. The van der Waals surface area contributed by atoms with Gasteiger partial charge in [-0.25, -0.2) is 0 Å². The van der Waals surface area contributed by atoms with Gasteiger partial charge in [0.15, 0.2) is 0 Å². The maximum atomic E-state index is 3.54. The van der Waals surface area contributed by atoms with E-state index in [2.05, 4.69) is 19.2 Å². The average Bonchev–Trinajstić information content (AvgIpc) is 2.50. The lowest BCUT2D eigenvalue weighted by atomic mass is 9.61. The standard InChI is InChI=1S/C11H21N/c1-9-4-3-5-10(2)11(9)6-7-12-8-11/h9-10,12H,3-8H2,1-2H3. The molecule has 2 rings (SSSR count). The second-order valence-corrected chi connectivity index (χ2v) is 4.89. The van der Waals surface area contributed by atoms with Crippen LogP contribution in [0.4, 0.5) is 0 Å². The number of hydrogen-bond acceptors (Lipinski definition) is 1. The molecule has 1 heterocycles. The Bertz CT molecular complexity index is 146. The Morgan fingerprint density at radius 3 is 2.33 bits per heavy atom. The molecule has 0 amide bonds.